The van der Waals surface area contributed by atoms with Crippen molar-refractivity contribution in [1.29, 1.82) is 0 Å². The summed E-state index contributed by atoms with van der Waals surface area (Å²) < 4.78 is 5.22. The van der Waals surface area contributed by atoms with Crippen molar-refractivity contribution in [3.63, 3.8) is 0 Å². The lowest BCUT2D eigenvalue weighted by Crippen LogP contribution is -2.40. The number of carbonyl (C=O) groups excluding carboxylic acids is 1. The van der Waals surface area contributed by atoms with Crippen LogP contribution in [0.15, 0.2) is 0 Å². The zero-order chi connectivity index (χ0) is 9.53. The van der Waals surface area contributed by atoms with Crippen molar-refractivity contribution in [2.75, 3.05) is 6.61 Å². The summed E-state index contributed by atoms with van der Waals surface area (Å²) in [4.78, 5) is 11.7. The minimum Gasteiger partial charge on any atom is -0.465 e. The van der Waals surface area contributed by atoms with Gasteiger partial charge in [0.1, 0.15) is 0 Å². The van der Waals surface area contributed by atoms with E-state index in [4.69, 9.17) is 4.74 Å². The van der Waals surface area contributed by atoms with Gasteiger partial charge in [-0.1, -0.05) is 33.1 Å². The van der Waals surface area contributed by atoms with Gasteiger partial charge in [0.2, 0.25) is 0 Å². The molecule has 0 bridgehead atoms. The van der Waals surface area contributed by atoms with Gasteiger partial charge in [-0.2, -0.15) is 0 Å². The second-order valence-electron chi connectivity index (χ2n) is 5.10. The fourth-order valence-corrected chi connectivity index (χ4v) is 2.83. The minimum atomic E-state index is -0.134. The van der Waals surface area contributed by atoms with Gasteiger partial charge in [-0.3, -0.25) is 4.79 Å². The van der Waals surface area contributed by atoms with Crippen molar-refractivity contribution < 1.29 is 9.53 Å². The smallest absolute Gasteiger partial charge is 0.312 e. The highest BCUT2D eigenvalue weighted by Gasteiger charge is 2.57. The maximum atomic E-state index is 11.7. The summed E-state index contributed by atoms with van der Waals surface area (Å²) in [6.45, 7) is 4.96. The first-order chi connectivity index (χ1) is 6.08. The van der Waals surface area contributed by atoms with Gasteiger partial charge < -0.3 is 4.74 Å². The average Bonchev–Trinajstić information content (AvgIpc) is 2.33. The molecule has 0 unspecified atom stereocenters. The third-order valence-electron chi connectivity index (χ3n) is 3.96. The van der Waals surface area contributed by atoms with E-state index < -0.39 is 0 Å². The van der Waals surface area contributed by atoms with E-state index in [1.54, 1.807) is 0 Å². The van der Waals surface area contributed by atoms with Crippen molar-refractivity contribution in [3.05, 3.63) is 0 Å². The molecule has 2 nitrogen and oxygen atoms in total. The highest BCUT2D eigenvalue weighted by Crippen LogP contribution is 2.54. The molecule has 0 radical (unpaired) electrons. The summed E-state index contributed by atoms with van der Waals surface area (Å²) >= 11 is 0. The molecule has 1 aliphatic heterocycles. The second kappa shape index (κ2) is 2.73. The lowest BCUT2D eigenvalue weighted by molar-refractivity contribution is -0.149. The third-order valence-corrected chi connectivity index (χ3v) is 3.96. The van der Waals surface area contributed by atoms with Crippen LogP contribution in [0, 0.1) is 10.8 Å². The van der Waals surface area contributed by atoms with E-state index in [1.807, 2.05) is 0 Å². The molecule has 2 aliphatic rings. The zero-order valence-corrected chi connectivity index (χ0v) is 8.56. The quantitative estimate of drug-likeness (QED) is 0.538. The number of carbonyl (C=O) groups is 1. The van der Waals surface area contributed by atoms with Crippen LogP contribution in [0.5, 0.6) is 0 Å². The highest BCUT2D eigenvalue weighted by molar-refractivity contribution is 5.80. The standard InChI is InChI=1S/C11H18O2/c1-10(2)8-13-9(12)11(10)6-4-3-5-7-11/h3-8H2,1-2H3. The number of esters is 1. The van der Waals surface area contributed by atoms with Gasteiger partial charge in [-0.25, -0.2) is 0 Å². The minimum absolute atomic E-state index is 0.0600. The van der Waals surface area contributed by atoms with Gasteiger partial charge in [0.15, 0.2) is 0 Å². The molecular formula is C11H18O2. The van der Waals surface area contributed by atoms with Crippen LogP contribution in [0.1, 0.15) is 46.0 Å². The van der Waals surface area contributed by atoms with Gasteiger partial charge in [0.25, 0.3) is 0 Å². The normalized spacial score (nSPS) is 30.5. The third kappa shape index (κ3) is 1.11. The fourth-order valence-electron chi connectivity index (χ4n) is 2.83. The van der Waals surface area contributed by atoms with Crippen molar-refractivity contribution in [3.8, 4) is 0 Å². The van der Waals surface area contributed by atoms with E-state index in [0.29, 0.717) is 6.61 Å². The molecule has 1 saturated heterocycles. The van der Waals surface area contributed by atoms with Crippen molar-refractivity contribution in [1.82, 2.24) is 0 Å². The molecule has 0 aromatic carbocycles. The predicted molar refractivity (Wildman–Crippen MR) is 50.3 cm³/mol. The Morgan fingerprint density at radius 2 is 1.77 bits per heavy atom. The molecule has 2 fully saturated rings. The molecule has 74 valence electrons. The Bertz CT molecular complexity index is 224. The lowest BCUT2D eigenvalue weighted by Gasteiger charge is -2.39. The van der Waals surface area contributed by atoms with Crippen LogP contribution in [0.4, 0.5) is 0 Å². The first kappa shape index (κ1) is 9.04. The van der Waals surface area contributed by atoms with Crippen LogP contribution in [0.25, 0.3) is 0 Å². The van der Waals surface area contributed by atoms with Crippen LogP contribution in [-0.4, -0.2) is 12.6 Å². The zero-order valence-electron chi connectivity index (χ0n) is 8.56. The summed E-state index contributed by atoms with van der Waals surface area (Å²) in [6.07, 6.45) is 5.75. The van der Waals surface area contributed by atoms with Crippen molar-refractivity contribution >= 4 is 5.97 Å². The summed E-state index contributed by atoms with van der Waals surface area (Å²) in [6, 6.07) is 0. The lowest BCUT2D eigenvalue weighted by atomic mass is 9.60. The number of cyclic esters (lactones) is 1. The molecule has 1 heterocycles. The largest absolute Gasteiger partial charge is 0.465 e. The van der Waals surface area contributed by atoms with E-state index in [9.17, 15) is 4.79 Å². The first-order valence-corrected chi connectivity index (χ1v) is 5.26. The monoisotopic (exact) mass is 182 g/mol. The number of rotatable bonds is 0. The molecule has 2 rings (SSSR count). The van der Waals surface area contributed by atoms with Gasteiger partial charge >= 0.3 is 5.97 Å². The molecular weight excluding hydrogens is 164 g/mol. The van der Waals surface area contributed by atoms with Crippen LogP contribution in [0.3, 0.4) is 0 Å². The van der Waals surface area contributed by atoms with Gasteiger partial charge in [-0.15, -0.1) is 0 Å². The van der Waals surface area contributed by atoms with Crippen molar-refractivity contribution in [2.45, 2.75) is 46.0 Å². The summed E-state index contributed by atoms with van der Waals surface area (Å²) in [5.74, 6) is 0.0669. The summed E-state index contributed by atoms with van der Waals surface area (Å²) in [5.41, 5.74) is -0.0737. The molecule has 0 aromatic heterocycles. The van der Waals surface area contributed by atoms with Gasteiger partial charge in [-0.05, 0) is 12.8 Å². The van der Waals surface area contributed by atoms with E-state index >= 15 is 0 Å². The molecule has 0 amide bonds. The van der Waals surface area contributed by atoms with E-state index in [-0.39, 0.29) is 16.8 Å². The molecule has 1 saturated carbocycles. The molecule has 0 N–H and O–H groups in total. The summed E-state index contributed by atoms with van der Waals surface area (Å²) in [5, 5.41) is 0. The predicted octanol–water partition coefficient (Wildman–Crippen LogP) is 2.52. The molecule has 2 heteroatoms. The van der Waals surface area contributed by atoms with E-state index in [1.165, 1.54) is 19.3 Å². The van der Waals surface area contributed by atoms with E-state index in [2.05, 4.69) is 13.8 Å². The number of hydrogen-bond donors (Lipinski definition) is 0. The molecule has 13 heavy (non-hydrogen) atoms. The maximum Gasteiger partial charge on any atom is 0.312 e. The van der Waals surface area contributed by atoms with Crippen molar-refractivity contribution in [2.24, 2.45) is 10.8 Å². The Morgan fingerprint density at radius 1 is 1.15 bits per heavy atom. The second-order valence-corrected chi connectivity index (χ2v) is 5.10. The Morgan fingerprint density at radius 3 is 2.23 bits per heavy atom. The molecule has 1 spiro atoms. The Balaban J connectivity index is 2.30. The topological polar surface area (TPSA) is 26.3 Å². The SMILES string of the molecule is CC1(C)COC(=O)C12CCCCC2. The van der Waals surface area contributed by atoms with Crippen LogP contribution < -0.4 is 0 Å². The van der Waals surface area contributed by atoms with Crippen LogP contribution >= 0.6 is 0 Å². The maximum absolute atomic E-state index is 11.7. The summed E-state index contributed by atoms with van der Waals surface area (Å²) in [7, 11) is 0. The molecule has 0 aromatic rings. The Labute approximate surface area is 79.7 Å². The van der Waals surface area contributed by atoms with Crippen LogP contribution in [0.2, 0.25) is 0 Å². The van der Waals surface area contributed by atoms with Gasteiger partial charge in [0.05, 0.1) is 12.0 Å². The average molecular weight is 182 g/mol. The molecule has 0 atom stereocenters. The Kier molecular flexibility index (Phi) is 1.90. The number of ether oxygens (including phenoxy) is 1. The van der Waals surface area contributed by atoms with Gasteiger partial charge in [0, 0.05) is 5.41 Å². The number of hydrogen-bond acceptors (Lipinski definition) is 2. The fraction of sp³-hybridized carbons (Fsp3) is 0.909. The Hall–Kier alpha value is -0.530. The molecule has 1 aliphatic carbocycles. The highest BCUT2D eigenvalue weighted by atomic mass is 16.5. The van der Waals surface area contributed by atoms with Crippen LogP contribution in [-0.2, 0) is 9.53 Å². The first-order valence-electron chi connectivity index (χ1n) is 5.26. The van der Waals surface area contributed by atoms with E-state index in [0.717, 1.165) is 12.8 Å².